The fourth-order valence-corrected chi connectivity index (χ4v) is 4.06. The van der Waals surface area contributed by atoms with E-state index in [4.69, 9.17) is 0 Å². The van der Waals surface area contributed by atoms with Gasteiger partial charge in [0.15, 0.2) is 0 Å². The lowest BCUT2D eigenvalue weighted by Gasteiger charge is -2.27. The third kappa shape index (κ3) is 3.63. The van der Waals surface area contributed by atoms with Crippen molar-refractivity contribution in [3.8, 4) is 0 Å². The summed E-state index contributed by atoms with van der Waals surface area (Å²) in [6.45, 7) is 2.71. The highest BCUT2D eigenvalue weighted by atomic mass is 19.1. The first-order chi connectivity index (χ1) is 13.5. The van der Waals surface area contributed by atoms with Gasteiger partial charge in [-0.25, -0.2) is 9.37 Å². The highest BCUT2D eigenvalue weighted by Gasteiger charge is 2.28. The van der Waals surface area contributed by atoms with E-state index in [0.29, 0.717) is 32.4 Å². The molecule has 2 amide bonds. The Hall–Kier alpha value is -2.77. The molecule has 28 heavy (non-hydrogen) atoms. The maximum absolute atomic E-state index is 13.1. The molecule has 2 aromatic heterocycles. The van der Waals surface area contributed by atoms with Crippen molar-refractivity contribution in [2.24, 2.45) is 7.05 Å². The Kier molecular flexibility index (Phi) is 5.11. The summed E-state index contributed by atoms with van der Waals surface area (Å²) in [7, 11) is 1.91. The van der Waals surface area contributed by atoms with Gasteiger partial charge in [-0.3, -0.25) is 14.3 Å². The lowest BCUT2D eigenvalue weighted by Crippen LogP contribution is -2.37. The van der Waals surface area contributed by atoms with Crippen LogP contribution in [0.3, 0.4) is 0 Å². The predicted octanol–water partition coefficient (Wildman–Crippen LogP) is 1.71. The fraction of sp³-hybridized carbons (Fsp3) is 0.500. The van der Waals surface area contributed by atoms with Crippen LogP contribution < -0.4 is 0 Å². The number of halogens is 1. The Morgan fingerprint density at radius 1 is 1.14 bits per heavy atom. The average molecular weight is 385 g/mol. The summed E-state index contributed by atoms with van der Waals surface area (Å²) in [4.78, 5) is 32.6. The number of aromatic nitrogens is 3. The SMILES string of the molecule is Cn1nc(CCC(=O)N2CCCC2)c2c1CCN(C(=O)c1ccc(F)cn1)C2. The van der Waals surface area contributed by atoms with Crippen LogP contribution in [0, 0.1) is 5.82 Å². The first-order valence-corrected chi connectivity index (χ1v) is 9.75. The van der Waals surface area contributed by atoms with Gasteiger partial charge in [0.1, 0.15) is 11.5 Å². The molecule has 4 heterocycles. The second-order valence-corrected chi connectivity index (χ2v) is 7.42. The van der Waals surface area contributed by atoms with Crippen molar-refractivity contribution < 1.29 is 14.0 Å². The van der Waals surface area contributed by atoms with E-state index in [0.717, 1.165) is 49.1 Å². The van der Waals surface area contributed by atoms with Crippen LogP contribution in [0.5, 0.6) is 0 Å². The van der Waals surface area contributed by atoms with Crippen LogP contribution in [0.15, 0.2) is 18.3 Å². The zero-order valence-electron chi connectivity index (χ0n) is 16.0. The summed E-state index contributed by atoms with van der Waals surface area (Å²) in [5.41, 5.74) is 3.26. The molecule has 0 atom stereocenters. The number of carbonyl (C=O) groups excluding carboxylic acids is 2. The van der Waals surface area contributed by atoms with Crippen molar-refractivity contribution in [1.82, 2.24) is 24.6 Å². The zero-order valence-corrected chi connectivity index (χ0v) is 16.0. The Balaban J connectivity index is 1.47. The molecule has 1 saturated heterocycles. The minimum atomic E-state index is -0.463. The molecule has 2 aromatic rings. The molecule has 2 aliphatic heterocycles. The molecule has 148 valence electrons. The number of carbonyl (C=O) groups is 2. The molecule has 8 heteroatoms. The molecule has 0 aliphatic carbocycles. The monoisotopic (exact) mass is 385 g/mol. The number of amides is 2. The van der Waals surface area contributed by atoms with Crippen molar-refractivity contribution in [2.45, 2.75) is 38.6 Å². The number of nitrogens with zero attached hydrogens (tertiary/aromatic N) is 5. The second-order valence-electron chi connectivity index (χ2n) is 7.42. The topological polar surface area (TPSA) is 71.3 Å². The molecule has 0 saturated carbocycles. The molecule has 0 bridgehead atoms. The van der Waals surface area contributed by atoms with Gasteiger partial charge in [-0.2, -0.15) is 5.10 Å². The van der Waals surface area contributed by atoms with Gasteiger partial charge in [0.05, 0.1) is 11.9 Å². The molecule has 1 fully saturated rings. The Bertz CT molecular complexity index is 887. The normalized spacial score (nSPS) is 16.4. The Morgan fingerprint density at radius 3 is 2.64 bits per heavy atom. The van der Waals surface area contributed by atoms with Crippen LogP contribution in [0.25, 0.3) is 0 Å². The first kappa shape index (κ1) is 18.6. The van der Waals surface area contributed by atoms with E-state index in [1.54, 1.807) is 4.90 Å². The van der Waals surface area contributed by atoms with Crippen molar-refractivity contribution in [2.75, 3.05) is 19.6 Å². The molecular weight excluding hydrogens is 361 g/mol. The van der Waals surface area contributed by atoms with Gasteiger partial charge < -0.3 is 9.80 Å². The van der Waals surface area contributed by atoms with Crippen LogP contribution in [-0.2, 0) is 31.2 Å². The highest BCUT2D eigenvalue weighted by Crippen LogP contribution is 2.24. The standard InChI is InChI=1S/C20H24FN5O2/c1-24-18-8-11-26(20(28)17-5-4-14(21)12-22-17)13-15(18)16(23-24)6-7-19(27)25-9-2-3-10-25/h4-5,12H,2-3,6-11,13H2,1H3. The Labute approximate surface area is 163 Å². The third-order valence-corrected chi connectivity index (χ3v) is 5.59. The molecule has 7 nitrogen and oxygen atoms in total. The van der Waals surface area contributed by atoms with E-state index in [2.05, 4.69) is 10.1 Å². The largest absolute Gasteiger partial charge is 0.343 e. The van der Waals surface area contributed by atoms with Gasteiger partial charge >= 0.3 is 0 Å². The van der Waals surface area contributed by atoms with E-state index in [1.807, 2.05) is 16.6 Å². The number of fused-ring (bicyclic) bond motifs is 1. The van der Waals surface area contributed by atoms with Crippen molar-refractivity contribution in [3.63, 3.8) is 0 Å². The number of pyridine rings is 1. The highest BCUT2D eigenvalue weighted by molar-refractivity contribution is 5.92. The van der Waals surface area contributed by atoms with Gasteiger partial charge in [-0.05, 0) is 25.0 Å². The van der Waals surface area contributed by atoms with E-state index in [9.17, 15) is 14.0 Å². The van der Waals surface area contributed by atoms with E-state index in [-0.39, 0.29) is 17.5 Å². The van der Waals surface area contributed by atoms with Crippen molar-refractivity contribution in [3.05, 3.63) is 46.8 Å². The van der Waals surface area contributed by atoms with Crippen molar-refractivity contribution >= 4 is 11.8 Å². The molecule has 4 rings (SSSR count). The summed E-state index contributed by atoms with van der Waals surface area (Å²) in [6, 6.07) is 2.65. The summed E-state index contributed by atoms with van der Waals surface area (Å²) in [6.07, 6.45) is 4.94. The number of rotatable bonds is 4. The molecule has 0 spiro atoms. The van der Waals surface area contributed by atoms with E-state index >= 15 is 0 Å². The number of aryl methyl sites for hydroxylation is 2. The lowest BCUT2D eigenvalue weighted by molar-refractivity contribution is -0.130. The predicted molar refractivity (Wildman–Crippen MR) is 100.0 cm³/mol. The first-order valence-electron chi connectivity index (χ1n) is 9.75. The van der Waals surface area contributed by atoms with E-state index < -0.39 is 5.82 Å². The number of hydrogen-bond donors (Lipinski definition) is 0. The van der Waals surface area contributed by atoms with Crippen LogP contribution in [0.4, 0.5) is 4.39 Å². The minimum absolute atomic E-state index is 0.177. The second kappa shape index (κ2) is 7.69. The Morgan fingerprint density at radius 2 is 1.93 bits per heavy atom. The van der Waals surface area contributed by atoms with Crippen LogP contribution in [0.2, 0.25) is 0 Å². The van der Waals surface area contributed by atoms with Crippen LogP contribution in [0.1, 0.15) is 46.7 Å². The molecule has 0 N–H and O–H groups in total. The molecular formula is C20H24FN5O2. The summed E-state index contributed by atoms with van der Waals surface area (Å²) < 4.78 is 14.9. The molecule has 0 unspecified atom stereocenters. The third-order valence-electron chi connectivity index (χ3n) is 5.59. The maximum Gasteiger partial charge on any atom is 0.272 e. The summed E-state index contributed by atoms with van der Waals surface area (Å²) >= 11 is 0. The van der Waals surface area contributed by atoms with Gasteiger partial charge in [-0.1, -0.05) is 0 Å². The van der Waals surface area contributed by atoms with Gasteiger partial charge in [0, 0.05) is 63.7 Å². The van der Waals surface area contributed by atoms with Gasteiger partial charge in [0.25, 0.3) is 5.91 Å². The smallest absolute Gasteiger partial charge is 0.272 e. The molecule has 0 aromatic carbocycles. The average Bonchev–Trinajstić information content (AvgIpc) is 3.35. The van der Waals surface area contributed by atoms with Gasteiger partial charge in [-0.15, -0.1) is 0 Å². The van der Waals surface area contributed by atoms with Gasteiger partial charge in [0.2, 0.25) is 5.91 Å². The molecule has 0 radical (unpaired) electrons. The number of hydrogen-bond acceptors (Lipinski definition) is 4. The lowest BCUT2D eigenvalue weighted by atomic mass is 10.0. The van der Waals surface area contributed by atoms with Crippen molar-refractivity contribution in [1.29, 1.82) is 0 Å². The summed E-state index contributed by atoms with van der Waals surface area (Å²) in [5.74, 6) is -0.501. The van der Waals surface area contributed by atoms with Crippen LogP contribution in [-0.4, -0.2) is 56.0 Å². The fourth-order valence-electron chi connectivity index (χ4n) is 4.06. The maximum atomic E-state index is 13.1. The molecule has 2 aliphatic rings. The zero-order chi connectivity index (χ0) is 19.7. The minimum Gasteiger partial charge on any atom is -0.343 e. The van der Waals surface area contributed by atoms with E-state index in [1.165, 1.54) is 12.1 Å². The summed E-state index contributed by atoms with van der Waals surface area (Å²) in [5, 5.41) is 4.61. The quantitative estimate of drug-likeness (QED) is 0.803. The number of likely N-dealkylation sites (tertiary alicyclic amines) is 1. The van der Waals surface area contributed by atoms with Crippen LogP contribution >= 0.6 is 0 Å².